The number of imidazole rings is 1. The van der Waals surface area contributed by atoms with E-state index < -0.39 is 0 Å². The molecule has 3 saturated heterocycles. The minimum absolute atomic E-state index is 0. The standard InChI is InChI=1S/C19H25N5O.HI/c1-12-5-6-23-9-13(22-18(23)7-12)8-21-19(20-2)24-10-14-15(11-24)17-4-3-16(14)25-17;/h5-7,9,14-17H,3-4,8,10-11H2,1-2H3,(H,20,21);1H. The molecule has 0 saturated carbocycles. The lowest BCUT2D eigenvalue weighted by molar-refractivity contribution is 0.0767. The van der Waals surface area contributed by atoms with Gasteiger partial charge in [-0.1, -0.05) is 0 Å². The lowest BCUT2D eigenvalue weighted by atomic mass is 9.82. The van der Waals surface area contributed by atoms with Crippen LogP contribution < -0.4 is 5.32 Å². The van der Waals surface area contributed by atoms with Gasteiger partial charge in [-0.15, -0.1) is 24.0 Å². The van der Waals surface area contributed by atoms with Crippen LogP contribution >= 0.6 is 24.0 Å². The van der Waals surface area contributed by atoms with Gasteiger partial charge in [-0.25, -0.2) is 4.98 Å². The third kappa shape index (κ3) is 2.98. The van der Waals surface area contributed by atoms with Crippen molar-refractivity contribution in [2.24, 2.45) is 16.8 Å². The van der Waals surface area contributed by atoms with Gasteiger partial charge in [0.1, 0.15) is 5.65 Å². The van der Waals surface area contributed by atoms with Crippen LogP contribution in [0.15, 0.2) is 29.5 Å². The monoisotopic (exact) mass is 467 g/mol. The fraction of sp³-hybridized carbons (Fsp3) is 0.579. The predicted octanol–water partition coefficient (Wildman–Crippen LogP) is 2.45. The van der Waals surface area contributed by atoms with Crippen LogP contribution in [-0.4, -0.2) is 52.6 Å². The molecule has 2 aromatic rings. The zero-order chi connectivity index (χ0) is 17.0. The first-order valence-corrected chi connectivity index (χ1v) is 9.26. The summed E-state index contributed by atoms with van der Waals surface area (Å²) in [6.07, 6.45) is 7.60. The van der Waals surface area contributed by atoms with E-state index >= 15 is 0 Å². The average Bonchev–Trinajstić information content (AvgIpc) is 3.35. The third-order valence-electron chi connectivity index (χ3n) is 6.06. The molecule has 4 atom stereocenters. The molecule has 0 aliphatic carbocycles. The van der Waals surface area contributed by atoms with Crippen molar-refractivity contribution in [3.63, 3.8) is 0 Å². The number of pyridine rings is 1. The Labute approximate surface area is 171 Å². The van der Waals surface area contributed by atoms with Crippen LogP contribution in [0.5, 0.6) is 0 Å². The zero-order valence-electron chi connectivity index (χ0n) is 15.3. The van der Waals surface area contributed by atoms with E-state index in [2.05, 4.69) is 51.1 Å². The maximum absolute atomic E-state index is 6.07. The van der Waals surface area contributed by atoms with Crippen LogP contribution in [0, 0.1) is 18.8 Å². The summed E-state index contributed by atoms with van der Waals surface area (Å²) in [5.74, 6) is 2.37. The number of nitrogens with zero attached hydrogens (tertiary/aromatic N) is 4. The average molecular weight is 467 g/mol. The fourth-order valence-electron chi connectivity index (χ4n) is 4.86. The number of aliphatic imine (C=N–C) groups is 1. The number of hydrogen-bond acceptors (Lipinski definition) is 3. The molecule has 26 heavy (non-hydrogen) atoms. The molecule has 2 aromatic heterocycles. The van der Waals surface area contributed by atoms with Crippen molar-refractivity contribution in [1.82, 2.24) is 19.6 Å². The number of aryl methyl sites for hydroxylation is 1. The van der Waals surface area contributed by atoms with E-state index in [0.717, 1.165) is 30.4 Å². The number of hydrogen-bond donors (Lipinski definition) is 1. The molecule has 5 rings (SSSR count). The van der Waals surface area contributed by atoms with Gasteiger partial charge < -0.3 is 19.4 Å². The summed E-state index contributed by atoms with van der Waals surface area (Å²) in [4.78, 5) is 11.6. The maximum atomic E-state index is 6.07. The summed E-state index contributed by atoms with van der Waals surface area (Å²) >= 11 is 0. The number of nitrogens with one attached hydrogen (secondary N) is 1. The molecule has 2 bridgehead atoms. The predicted molar refractivity (Wildman–Crippen MR) is 112 cm³/mol. The van der Waals surface area contributed by atoms with Crippen LogP contribution in [0.25, 0.3) is 5.65 Å². The summed E-state index contributed by atoms with van der Waals surface area (Å²) in [7, 11) is 1.87. The van der Waals surface area contributed by atoms with Crippen molar-refractivity contribution in [3.05, 3.63) is 35.8 Å². The highest BCUT2D eigenvalue weighted by atomic mass is 127. The molecule has 5 heterocycles. The van der Waals surface area contributed by atoms with Gasteiger partial charge in [0.15, 0.2) is 5.96 Å². The van der Waals surface area contributed by atoms with E-state index in [1.807, 2.05) is 7.05 Å². The number of rotatable bonds is 2. The third-order valence-corrected chi connectivity index (χ3v) is 6.06. The van der Waals surface area contributed by atoms with Crippen molar-refractivity contribution in [2.75, 3.05) is 20.1 Å². The van der Waals surface area contributed by atoms with Crippen LogP contribution in [0.2, 0.25) is 0 Å². The molecule has 0 spiro atoms. The number of likely N-dealkylation sites (tertiary alicyclic amines) is 1. The van der Waals surface area contributed by atoms with Crippen LogP contribution in [0.4, 0.5) is 0 Å². The second-order valence-corrected chi connectivity index (χ2v) is 7.63. The lowest BCUT2D eigenvalue weighted by Gasteiger charge is -2.23. The maximum Gasteiger partial charge on any atom is 0.193 e. The quantitative estimate of drug-likeness (QED) is 0.419. The Morgan fingerprint density at radius 2 is 2.04 bits per heavy atom. The highest BCUT2D eigenvalue weighted by molar-refractivity contribution is 14.0. The summed E-state index contributed by atoms with van der Waals surface area (Å²) < 4.78 is 8.15. The van der Waals surface area contributed by atoms with Crippen LogP contribution in [-0.2, 0) is 11.3 Å². The molecule has 7 heteroatoms. The summed E-state index contributed by atoms with van der Waals surface area (Å²) in [5.41, 5.74) is 3.26. The van der Waals surface area contributed by atoms with Crippen molar-refractivity contribution < 1.29 is 4.74 Å². The largest absolute Gasteiger partial charge is 0.374 e. The minimum Gasteiger partial charge on any atom is -0.374 e. The molecule has 140 valence electrons. The Morgan fingerprint density at radius 1 is 1.31 bits per heavy atom. The van der Waals surface area contributed by atoms with Gasteiger partial charge in [0, 0.05) is 44.4 Å². The van der Waals surface area contributed by atoms with E-state index in [9.17, 15) is 0 Å². The highest BCUT2D eigenvalue weighted by Gasteiger charge is 2.53. The first kappa shape index (κ1) is 18.0. The number of aromatic nitrogens is 2. The molecular weight excluding hydrogens is 441 g/mol. The fourth-order valence-corrected chi connectivity index (χ4v) is 4.86. The first-order valence-electron chi connectivity index (χ1n) is 9.26. The summed E-state index contributed by atoms with van der Waals surface area (Å²) in [5, 5.41) is 3.50. The Balaban J connectivity index is 0.00000168. The van der Waals surface area contributed by atoms with Crippen molar-refractivity contribution in [3.8, 4) is 0 Å². The molecule has 0 amide bonds. The summed E-state index contributed by atoms with van der Waals surface area (Å²) in [6, 6.07) is 4.21. The van der Waals surface area contributed by atoms with E-state index in [1.165, 1.54) is 18.4 Å². The van der Waals surface area contributed by atoms with E-state index in [4.69, 9.17) is 9.72 Å². The SMILES string of the molecule is CN=C(NCc1cn2ccc(C)cc2n1)N1CC2C3CCC(O3)C2C1.I. The van der Waals surface area contributed by atoms with Gasteiger partial charge in [-0.2, -0.15) is 0 Å². The normalized spacial score (nSPS) is 29.9. The van der Waals surface area contributed by atoms with Gasteiger partial charge >= 0.3 is 0 Å². The highest BCUT2D eigenvalue weighted by Crippen LogP contribution is 2.47. The van der Waals surface area contributed by atoms with E-state index in [0.29, 0.717) is 30.6 Å². The molecule has 6 nitrogen and oxygen atoms in total. The zero-order valence-corrected chi connectivity index (χ0v) is 17.6. The van der Waals surface area contributed by atoms with E-state index in [-0.39, 0.29) is 24.0 Å². The second-order valence-electron chi connectivity index (χ2n) is 7.63. The number of ether oxygens (including phenoxy) is 1. The minimum atomic E-state index is 0. The smallest absolute Gasteiger partial charge is 0.193 e. The molecule has 3 aliphatic heterocycles. The molecule has 4 unspecified atom stereocenters. The molecule has 1 N–H and O–H groups in total. The van der Waals surface area contributed by atoms with Gasteiger partial charge in [0.2, 0.25) is 0 Å². The molecule has 0 aromatic carbocycles. The number of guanidine groups is 1. The van der Waals surface area contributed by atoms with Crippen molar-refractivity contribution >= 4 is 35.6 Å². The number of fused-ring (bicyclic) bond motifs is 6. The second kappa shape index (κ2) is 6.99. The van der Waals surface area contributed by atoms with Gasteiger partial charge in [-0.3, -0.25) is 4.99 Å². The lowest BCUT2D eigenvalue weighted by Crippen LogP contribution is -2.41. The van der Waals surface area contributed by atoms with Gasteiger partial charge in [-0.05, 0) is 37.5 Å². The van der Waals surface area contributed by atoms with Crippen molar-refractivity contribution in [2.45, 2.75) is 38.5 Å². The molecule has 0 radical (unpaired) electrons. The Kier molecular flexibility index (Phi) is 4.85. The summed E-state index contributed by atoms with van der Waals surface area (Å²) in [6.45, 7) is 4.92. The Bertz CT molecular complexity index is 816. The molecule has 3 aliphatic rings. The van der Waals surface area contributed by atoms with Gasteiger partial charge in [0.25, 0.3) is 0 Å². The molecule has 3 fully saturated rings. The topological polar surface area (TPSA) is 54.2 Å². The van der Waals surface area contributed by atoms with E-state index in [1.54, 1.807) is 0 Å². The Morgan fingerprint density at radius 3 is 2.73 bits per heavy atom. The molecular formula is C19H26IN5O. The Hall–Kier alpha value is -1.35. The van der Waals surface area contributed by atoms with Crippen LogP contribution in [0.1, 0.15) is 24.1 Å². The number of halogens is 1. The van der Waals surface area contributed by atoms with Crippen molar-refractivity contribution in [1.29, 1.82) is 0 Å². The first-order chi connectivity index (χ1) is 12.2. The van der Waals surface area contributed by atoms with Gasteiger partial charge in [0.05, 0.1) is 24.4 Å². The van der Waals surface area contributed by atoms with Crippen LogP contribution in [0.3, 0.4) is 0 Å².